The van der Waals surface area contributed by atoms with E-state index in [-0.39, 0.29) is 29.8 Å². The minimum Gasteiger partial charge on any atom is -0.469 e. The molecule has 1 saturated heterocycles. The summed E-state index contributed by atoms with van der Waals surface area (Å²) < 4.78 is 9.52. The quantitative estimate of drug-likeness (QED) is 0.705. The van der Waals surface area contributed by atoms with Gasteiger partial charge in [0.2, 0.25) is 0 Å². The lowest BCUT2D eigenvalue weighted by molar-refractivity contribution is -0.150. The van der Waals surface area contributed by atoms with Crippen LogP contribution in [0.2, 0.25) is 0 Å². The molecule has 0 N–H and O–H groups in total. The summed E-state index contributed by atoms with van der Waals surface area (Å²) in [5.41, 5.74) is 0. The molecule has 0 saturated carbocycles. The van der Waals surface area contributed by atoms with Crippen molar-refractivity contribution in [3.8, 4) is 0 Å². The zero-order valence-electron chi connectivity index (χ0n) is 11.6. The van der Waals surface area contributed by atoms with Crippen molar-refractivity contribution in [3.05, 3.63) is 0 Å². The van der Waals surface area contributed by atoms with Crippen LogP contribution >= 0.6 is 0 Å². The largest absolute Gasteiger partial charge is 0.469 e. The number of esters is 2. The molecule has 5 nitrogen and oxygen atoms in total. The van der Waals surface area contributed by atoms with E-state index < -0.39 is 0 Å². The Hall–Kier alpha value is -1.10. The van der Waals surface area contributed by atoms with Crippen molar-refractivity contribution < 1.29 is 19.1 Å². The molecule has 1 aliphatic rings. The molecule has 1 fully saturated rings. The van der Waals surface area contributed by atoms with Gasteiger partial charge in [-0.3, -0.25) is 14.5 Å². The summed E-state index contributed by atoms with van der Waals surface area (Å²) in [6.45, 7) is 5.55. The van der Waals surface area contributed by atoms with Crippen LogP contribution in [0.3, 0.4) is 0 Å². The van der Waals surface area contributed by atoms with Crippen molar-refractivity contribution >= 4 is 11.9 Å². The van der Waals surface area contributed by atoms with Crippen LogP contribution in [-0.4, -0.2) is 50.2 Å². The smallest absolute Gasteiger partial charge is 0.309 e. The van der Waals surface area contributed by atoms with Crippen molar-refractivity contribution in [2.45, 2.75) is 32.7 Å². The van der Waals surface area contributed by atoms with Gasteiger partial charge in [0, 0.05) is 6.04 Å². The second kappa shape index (κ2) is 6.73. The van der Waals surface area contributed by atoms with Gasteiger partial charge < -0.3 is 9.47 Å². The zero-order valence-corrected chi connectivity index (χ0v) is 11.6. The van der Waals surface area contributed by atoms with Crippen LogP contribution in [0.15, 0.2) is 0 Å². The number of nitrogens with zero attached hydrogens (tertiary/aromatic N) is 1. The summed E-state index contributed by atoms with van der Waals surface area (Å²) in [6, 6.07) is 0.135. The average molecular weight is 257 g/mol. The number of piperidine rings is 1. The molecule has 1 heterocycles. The second-order valence-corrected chi connectivity index (χ2v) is 4.89. The fraction of sp³-hybridized carbons (Fsp3) is 0.846. The van der Waals surface area contributed by atoms with Gasteiger partial charge in [0.25, 0.3) is 0 Å². The third kappa shape index (κ3) is 3.45. The van der Waals surface area contributed by atoms with Gasteiger partial charge in [-0.25, -0.2) is 0 Å². The van der Waals surface area contributed by atoms with E-state index in [4.69, 9.17) is 9.47 Å². The van der Waals surface area contributed by atoms with Crippen LogP contribution in [0.4, 0.5) is 0 Å². The third-order valence-electron chi connectivity index (χ3n) is 3.94. The first-order valence-electron chi connectivity index (χ1n) is 6.41. The normalized spacial score (nSPS) is 21.1. The van der Waals surface area contributed by atoms with Gasteiger partial charge in [-0.2, -0.15) is 0 Å². The van der Waals surface area contributed by atoms with E-state index >= 15 is 0 Å². The van der Waals surface area contributed by atoms with Crippen molar-refractivity contribution in [1.29, 1.82) is 0 Å². The van der Waals surface area contributed by atoms with Gasteiger partial charge in [0.05, 0.1) is 26.1 Å². The molecule has 18 heavy (non-hydrogen) atoms. The maximum atomic E-state index is 11.5. The molecule has 0 bridgehead atoms. The molecule has 1 rings (SSSR count). The lowest BCUT2D eigenvalue weighted by atomic mass is 9.93. The van der Waals surface area contributed by atoms with E-state index in [1.165, 1.54) is 14.2 Å². The van der Waals surface area contributed by atoms with E-state index in [2.05, 4.69) is 4.90 Å². The predicted molar refractivity (Wildman–Crippen MR) is 67.0 cm³/mol. The predicted octanol–water partition coefficient (Wildman–Crippen LogP) is 1.07. The number of carbonyl (C=O) groups excluding carboxylic acids is 2. The summed E-state index contributed by atoms with van der Waals surface area (Å²) >= 11 is 0. The third-order valence-corrected chi connectivity index (χ3v) is 3.94. The number of hydrogen-bond acceptors (Lipinski definition) is 5. The Kier molecular flexibility index (Phi) is 5.59. The fourth-order valence-electron chi connectivity index (χ4n) is 2.41. The molecule has 0 radical (unpaired) electrons. The number of ether oxygens (including phenoxy) is 2. The first-order valence-corrected chi connectivity index (χ1v) is 6.41. The van der Waals surface area contributed by atoms with Gasteiger partial charge >= 0.3 is 11.9 Å². The number of rotatable bonds is 4. The minimum atomic E-state index is -0.183. The van der Waals surface area contributed by atoms with E-state index in [0.717, 1.165) is 25.9 Å². The Morgan fingerprint density at radius 1 is 1.11 bits per heavy atom. The number of hydrogen-bond donors (Lipinski definition) is 0. The van der Waals surface area contributed by atoms with Crippen LogP contribution in [0.25, 0.3) is 0 Å². The molecule has 0 aromatic carbocycles. The highest BCUT2D eigenvalue weighted by molar-refractivity contribution is 5.73. The first kappa shape index (κ1) is 15.0. The van der Waals surface area contributed by atoms with Crippen LogP contribution in [0.1, 0.15) is 26.7 Å². The summed E-state index contributed by atoms with van der Waals surface area (Å²) in [5, 5.41) is 0. The topological polar surface area (TPSA) is 55.8 Å². The minimum absolute atomic E-state index is 0.00637. The molecular formula is C13H23NO4. The second-order valence-electron chi connectivity index (χ2n) is 4.89. The van der Waals surface area contributed by atoms with Gasteiger partial charge in [-0.15, -0.1) is 0 Å². The highest BCUT2D eigenvalue weighted by Crippen LogP contribution is 2.23. The lowest BCUT2D eigenvalue weighted by Gasteiger charge is -2.36. The number of carbonyl (C=O) groups is 2. The number of methoxy groups -OCH3 is 2. The maximum absolute atomic E-state index is 11.5. The molecule has 5 heteroatoms. The van der Waals surface area contributed by atoms with Gasteiger partial charge in [-0.05, 0) is 32.9 Å². The number of likely N-dealkylation sites (tertiary alicyclic amines) is 1. The fourth-order valence-corrected chi connectivity index (χ4v) is 2.41. The van der Waals surface area contributed by atoms with Crippen molar-refractivity contribution in [2.24, 2.45) is 11.8 Å². The van der Waals surface area contributed by atoms with E-state index in [9.17, 15) is 9.59 Å². The van der Waals surface area contributed by atoms with Crippen LogP contribution < -0.4 is 0 Å². The van der Waals surface area contributed by atoms with Crippen LogP contribution in [-0.2, 0) is 19.1 Å². The van der Waals surface area contributed by atoms with Crippen molar-refractivity contribution in [3.63, 3.8) is 0 Å². The molecule has 0 aliphatic carbocycles. The Labute approximate surface area is 108 Å². The molecule has 2 unspecified atom stereocenters. The van der Waals surface area contributed by atoms with Crippen molar-refractivity contribution in [1.82, 2.24) is 4.90 Å². The molecule has 0 aromatic heterocycles. The highest BCUT2D eigenvalue weighted by atomic mass is 16.5. The molecule has 0 spiro atoms. The Morgan fingerprint density at radius 3 is 2.11 bits per heavy atom. The summed E-state index contributed by atoms with van der Waals surface area (Å²) in [7, 11) is 2.84. The molecule has 2 atom stereocenters. The van der Waals surface area contributed by atoms with Crippen LogP contribution in [0.5, 0.6) is 0 Å². The maximum Gasteiger partial charge on any atom is 0.309 e. The van der Waals surface area contributed by atoms with E-state index in [1.54, 1.807) is 0 Å². The molecule has 1 aliphatic heterocycles. The van der Waals surface area contributed by atoms with Gasteiger partial charge in [0.1, 0.15) is 0 Å². The standard InChI is InChI=1S/C13H23NO4/c1-9(12(15)17-3)10(2)14-7-5-11(6-8-14)13(16)18-4/h9-11H,5-8H2,1-4H3. The van der Waals surface area contributed by atoms with E-state index in [0.29, 0.717) is 0 Å². The SMILES string of the molecule is COC(=O)C1CCN(C(C)C(C)C(=O)OC)CC1. The summed E-state index contributed by atoms with van der Waals surface area (Å²) in [5.74, 6) is -0.447. The van der Waals surface area contributed by atoms with Gasteiger partial charge in [-0.1, -0.05) is 6.92 Å². The van der Waals surface area contributed by atoms with Crippen LogP contribution in [0, 0.1) is 11.8 Å². The van der Waals surface area contributed by atoms with E-state index in [1.807, 2.05) is 13.8 Å². The zero-order chi connectivity index (χ0) is 13.7. The highest BCUT2D eigenvalue weighted by Gasteiger charge is 2.31. The lowest BCUT2D eigenvalue weighted by Crippen LogP contribution is -2.46. The Morgan fingerprint density at radius 2 is 1.67 bits per heavy atom. The first-order chi connectivity index (χ1) is 8.51. The Balaban J connectivity index is 2.47. The average Bonchev–Trinajstić information content (AvgIpc) is 2.44. The van der Waals surface area contributed by atoms with Crippen molar-refractivity contribution in [2.75, 3.05) is 27.3 Å². The summed E-state index contributed by atoms with van der Waals surface area (Å²) in [4.78, 5) is 25.1. The molecular weight excluding hydrogens is 234 g/mol. The molecule has 0 amide bonds. The monoisotopic (exact) mass is 257 g/mol. The molecule has 104 valence electrons. The summed E-state index contributed by atoms with van der Waals surface area (Å²) in [6.07, 6.45) is 1.59. The molecule has 0 aromatic rings. The van der Waals surface area contributed by atoms with Gasteiger partial charge in [0.15, 0.2) is 0 Å². The Bertz CT molecular complexity index is 297.